The number of anilines is 2. The van der Waals surface area contributed by atoms with Gasteiger partial charge >= 0.3 is 5.69 Å². The molecule has 0 spiro atoms. The normalized spacial score (nSPS) is 16.0. The first-order chi connectivity index (χ1) is 15.5. The van der Waals surface area contributed by atoms with Crippen LogP contribution in [0.4, 0.5) is 15.9 Å². The number of hydrogen-bond donors (Lipinski definition) is 1. The largest absolute Gasteiger partial charge is 0.378 e. The van der Waals surface area contributed by atoms with Crippen LogP contribution in [0.3, 0.4) is 0 Å². The third kappa shape index (κ3) is 3.69. The molecule has 0 atom stereocenters. The van der Waals surface area contributed by atoms with Crippen molar-refractivity contribution in [2.45, 2.75) is 38.7 Å². The summed E-state index contributed by atoms with van der Waals surface area (Å²) in [5.74, 6) is 5.30. The van der Waals surface area contributed by atoms with Gasteiger partial charge in [0.15, 0.2) is 5.82 Å². The molecule has 6 heteroatoms. The fourth-order valence-electron chi connectivity index (χ4n) is 3.76. The summed E-state index contributed by atoms with van der Waals surface area (Å²) < 4.78 is 38.9. The van der Waals surface area contributed by atoms with Crippen molar-refractivity contribution in [2.75, 3.05) is 11.4 Å². The highest BCUT2D eigenvalue weighted by atomic mass is 19.1. The zero-order chi connectivity index (χ0) is 24.0. The van der Waals surface area contributed by atoms with Crippen molar-refractivity contribution >= 4 is 22.4 Å². The van der Waals surface area contributed by atoms with Gasteiger partial charge in [-0.15, -0.1) is 0 Å². The Morgan fingerprint density at radius 1 is 1.23 bits per heavy atom. The van der Waals surface area contributed by atoms with E-state index in [1.165, 1.54) is 18.2 Å². The second-order valence-electron chi connectivity index (χ2n) is 7.91. The molecule has 1 aromatic heterocycles. The van der Waals surface area contributed by atoms with Crippen molar-refractivity contribution in [3.63, 3.8) is 0 Å². The maximum atomic E-state index is 15.1. The zero-order valence-electron chi connectivity index (χ0n) is 19.9. The van der Waals surface area contributed by atoms with Crippen LogP contribution in [0, 0.1) is 17.7 Å². The lowest BCUT2D eigenvalue weighted by atomic mass is 10.00. The van der Waals surface area contributed by atoms with Crippen molar-refractivity contribution in [1.29, 1.82) is 0 Å². The SMILES string of the molecule is [2H]C([2H])([2H])n1c(=O)nc(N2CCCCc3c(C#CC(C)(C)O)cccc32)c2c(F)cccc21. The molecule has 154 valence electrons. The molecule has 0 amide bonds. The number of halogens is 1. The van der Waals surface area contributed by atoms with Gasteiger partial charge in [0.25, 0.3) is 0 Å². The van der Waals surface area contributed by atoms with E-state index in [0.29, 0.717) is 11.1 Å². The van der Waals surface area contributed by atoms with E-state index < -0.39 is 24.1 Å². The number of aromatic nitrogens is 2. The molecule has 0 aliphatic carbocycles. The van der Waals surface area contributed by atoms with Crippen LogP contribution >= 0.6 is 0 Å². The van der Waals surface area contributed by atoms with Crippen LogP contribution in [0.25, 0.3) is 10.9 Å². The number of hydrogen-bond acceptors (Lipinski definition) is 4. The third-order valence-electron chi connectivity index (χ3n) is 5.11. The lowest BCUT2D eigenvalue weighted by Crippen LogP contribution is -2.27. The Hall–Kier alpha value is -3.17. The Morgan fingerprint density at radius 3 is 2.80 bits per heavy atom. The monoisotopic (exact) mass is 408 g/mol. The van der Waals surface area contributed by atoms with Gasteiger partial charge in [-0.3, -0.25) is 4.57 Å². The van der Waals surface area contributed by atoms with E-state index >= 15 is 4.39 Å². The van der Waals surface area contributed by atoms with Gasteiger partial charge in [-0.2, -0.15) is 4.98 Å². The van der Waals surface area contributed by atoms with Gasteiger partial charge in [0.1, 0.15) is 11.4 Å². The fourth-order valence-corrected chi connectivity index (χ4v) is 3.76. The predicted molar refractivity (Wildman–Crippen MR) is 117 cm³/mol. The van der Waals surface area contributed by atoms with Crippen LogP contribution in [0.2, 0.25) is 0 Å². The first-order valence-electron chi connectivity index (χ1n) is 11.3. The minimum Gasteiger partial charge on any atom is -0.378 e. The first kappa shape index (κ1) is 16.6. The maximum Gasteiger partial charge on any atom is 0.349 e. The summed E-state index contributed by atoms with van der Waals surface area (Å²) in [5.41, 5.74) is 0.229. The Balaban J connectivity index is 2.00. The van der Waals surface area contributed by atoms with Gasteiger partial charge in [-0.25, -0.2) is 9.18 Å². The second kappa shape index (κ2) is 7.58. The predicted octanol–water partition coefficient (Wildman–Crippen LogP) is 3.67. The molecule has 1 aliphatic heterocycles. The van der Waals surface area contributed by atoms with Crippen molar-refractivity contribution in [3.8, 4) is 11.8 Å². The Morgan fingerprint density at radius 2 is 2.03 bits per heavy atom. The molecule has 2 heterocycles. The molecule has 1 aliphatic rings. The number of fused-ring (bicyclic) bond motifs is 2. The number of nitrogens with zero attached hydrogens (tertiary/aromatic N) is 3. The lowest BCUT2D eigenvalue weighted by Gasteiger charge is -2.26. The van der Waals surface area contributed by atoms with Gasteiger partial charge < -0.3 is 10.0 Å². The Bertz CT molecular complexity index is 1350. The molecule has 30 heavy (non-hydrogen) atoms. The smallest absolute Gasteiger partial charge is 0.349 e. The van der Waals surface area contributed by atoms with Crippen molar-refractivity contribution in [3.05, 3.63) is 63.8 Å². The molecule has 3 aromatic rings. The lowest BCUT2D eigenvalue weighted by molar-refractivity contribution is 0.143. The van der Waals surface area contributed by atoms with E-state index in [1.807, 2.05) is 18.2 Å². The van der Waals surface area contributed by atoms with E-state index in [4.69, 9.17) is 4.11 Å². The van der Waals surface area contributed by atoms with Crippen molar-refractivity contribution < 1.29 is 13.6 Å². The average molecular weight is 408 g/mol. The summed E-state index contributed by atoms with van der Waals surface area (Å²) in [4.78, 5) is 18.7. The highest BCUT2D eigenvalue weighted by Crippen LogP contribution is 2.36. The van der Waals surface area contributed by atoms with Crippen LogP contribution in [-0.4, -0.2) is 26.8 Å². The average Bonchev–Trinajstić information content (AvgIpc) is 2.93. The van der Waals surface area contributed by atoms with Crippen LogP contribution < -0.4 is 10.6 Å². The summed E-state index contributed by atoms with van der Waals surface area (Å²) in [6.45, 7) is 0.883. The molecule has 1 N–H and O–H groups in total. The Labute approximate surface area is 179 Å². The zero-order valence-corrected chi connectivity index (χ0v) is 16.9. The summed E-state index contributed by atoms with van der Waals surface area (Å²) in [6.07, 6.45) is 2.32. The molecule has 0 radical (unpaired) electrons. The van der Waals surface area contributed by atoms with Gasteiger partial charge in [-0.1, -0.05) is 24.0 Å². The van der Waals surface area contributed by atoms with Gasteiger partial charge in [0.2, 0.25) is 0 Å². The summed E-state index contributed by atoms with van der Waals surface area (Å²) in [6, 6.07) is 9.56. The topological polar surface area (TPSA) is 58.4 Å². The number of benzene rings is 2. The molecule has 0 bridgehead atoms. The highest BCUT2D eigenvalue weighted by molar-refractivity contribution is 5.92. The van der Waals surface area contributed by atoms with E-state index in [9.17, 15) is 9.90 Å². The van der Waals surface area contributed by atoms with Gasteiger partial charge in [0.05, 0.1) is 10.9 Å². The molecular weight excluding hydrogens is 381 g/mol. The quantitative estimate of drug-likeness (QED) is 0.624. The molecule has 0 saturated carbocycles. The standard InChI is InChI=1S/C24H24FN3O2/c1-24(2,30)14-13-16-8-6-11-19-17(16)9-4-5-15-28(19)22-21-18(25)10-7-12-20(21)27(3)23(29)26-22/h6-8,10-12,30H,4-5,9,15H2,1-3H3/i3D3. The molecule has 0 fully saturated rings. The van der Waals surface area contributed by atoms with Crippen molar-refractivity contribution in [2.24, 2.45) is 6.98 Å². The minimum atomic E-state index is -2.80. The molecule has 0 unspecified atom stereocenters. The molecule has 5 nitrogen and oxygen atoms in total. The van der Waals surface area contributed by atoms with E-state index in [-0.39, 0.29) is 16.7 Å². The van der Waals surface area contributed by atoms with E-state index in [2.05, 4.69) is 16.8 Å². The first-order valence-corrected chi connectivity index (χ1v) is 9.84. The van der Waals surface area contributed by atoms with Crippen molar-refractivity contribution in [1.82, 2.24) is 9.55 Å². The summed E-state index contributed by atoms with van der Waals surface area (Å²) >= 11 is 0. The minimum absolute atomic E-state index is 0.0194. The molecule has 4 rings (SSSR count). The summed E-state index contributed by atoms with van der Waals surface area (Å²) in [5, 5.41) is 10.0. The van der Waals surface area contributed by atoms with E-state index in [0.717, 1.165) is 36.1 Å². The second-order valence-corrected chi connectivity index (χ2v) is 7.91. The van der Waals surface area contributed by atoms with E-state index in [1.54, 1.807) is 18.7 Å². The van der Waals surface area contributed by atoms with Crippen LogP contribution in [0.5, 0.6) is 0 Å². The van der Waals surface area contributed by atoms with Gasteiger partial charge in [0, 0.05) is 28.9 Å². The Kier molecular flexibility index (Phi) is 4.20. The molecule has 0 saturated heterocycles. The van der Waals surface area contributed by atoms with Crippen LogP contribution in [0.15, 0.2) is 41.2 Å². The number of aliphatic hydroxyl groups is 1. The van der Waals surface area contributed by atoms with Crippen LogP contribution in [-0.2, 0) is 13.4 Å². The van der Waals surface area contributed by atoms with Gasteiger partial charge in [-0.05, 0) is 62.9 Å². The number of aryl methyl sites for hydroxylation is 1. The molecular formula is C24H24FN3O2. The number of rotatable bonds is 1. The maximum absolute atomic E-state index is 15.1. The van der Waals surface area contributed by atoms with Crippen LogP contribution in [0.1, 0.15) is 41.9 Å². The highest BCUT2D eigenvalue weighted by Gasteiger charge is 2.24. The third-order valence-corrected chi connectivity index (χ3v) is 5.11. The molecule has 2 aromatic carbocycles. The summed E-state index contributed by atoms with van der Waals surface area (Å²) in [7, 11) is 0. The fraction of sp³-hybridized carbons (Fsp3) is 0.333.